The molecule has 3 nitrogen and oxygen atoms in total. The average Bonchev–Trinajstić information content (AvgIpc) is 2.34. The Bertz CT molecular complexity index is 180. The van der Waals surface area contributed by atoms with Crippen molar-refractivity contribution in [2.45, 2.75) is 25.0 Å². The van der Waals surface area contributed by atoms with Gasteiger partial charge in [-0.2, -0.15) is 0 Å². The summed E-state index contributed by atoms with van der Waals surface area (Å²) in [7, 11) is 0. The quantitative estimate of drug-likeness (QED) is 0.401. The maximum Gasteiger partial charge on any atom is 0.306 e. The molecular weight excluding hydrogens is 132 g/mol. The van der Waals surface area contributed by atoms with Gasteiger partial charge in [0.2, 0.25) is 0 Å². The summed E-state index contributed by atoms with van der Waals surface area (Å²) in [5, 5.41) is 8.96. The molecule has 0 unspecified atom stereocenters. The Morgan fingerprint density at radius 1 is 1.90 bits per heavy atom. The molecule has 0 spiro atoms. The summed E-state index contributed by atoms with van der Waals surface area (Å²) < 4.78 is 4.68. The molecule has 10 heavy (non-hydrogen) atoms. The fourth-order valence-electron chi connectivity index (χ4n) is 0.876. The van der Waals surface area contributed by atoms with Crippen molar-refractivity contribution in [3.63, 3.8) is 0 Å². The second-order valence-electron chi connectivity index (χ2n) is 2.18. The molecule has 1 saturated heterocycles. The van der Waals surface area contributed by atoms with E-state index in [9.17, 15) is 4.79 Å². The molecule has 0 aromatic heterocycles. The highest BCUT2D eigenvalue weighted by atomic mass is 16.6. The highest BCUT2D eigenvalue weighted by Crippen LogP contribution is 2.16. The van der Waals surface area contributed by atoms with Crippen LogP contribution in [-0.4, -0.2) is 23.3 Å². The fraction of sp³-hybridized carbons (Fsp3) is 0.571. The molecule has 0 saturated carbocycles. The van der Waals surface area contributed by atoms with E-state index in [1.54, 1.807) is 0 Å². The lowest BCUT2D eigenvalue weighted by molar-refractivity contribution is -0.143. The summed E-state index contributed by atoms with van der Waals surface area (Å²) in [6.45, 7) is 0. The van der Waals surface area contributed by atoms with Crippen LogP contribution in [0.25, 0.3) is 0 Å². The van der Waals surface area contributed by atoms with Crippen LogP contribution in [0, 0.1) is 12.3 Å². The molecule has 3 heteroatoms. The topological polar surface area (TPSA) is 46.5 Å². The molecule has 0 radical (unpaired) electrons. The Balaban J connectivity index is 2.46. The molecular formula is C7H8O3. The van der Waals surface area contributed by atoms with Gasteiger partial charge in [-0.1, -0.05) is 5.92 Å². The van der Waals surface area contributed by atoms with Gasteiger partial charge in [0.1, 0.15) is 6.10 Å². The smallest absolute Gasteiger partial charge is 0.306 e. The molecule has 1 aliphatic heterocycles. The van der Waals surface area contributed by atoms with Crippen molar-refractivity contribution >= 4 is 5.97 Å². The van der Waals surface area contributed by atoms with Crippen molar-refractivity contribution in [1.82, 2.24) is 0 Å². The molecule has 0 aromatic carbocycles. The largest absolute Gasteiger partial charge is 0.459 e. The number of aliphatic hydroxyl groups is 1. The molecule has 54 valence electrons. The van der Waals surface area contributed by atoms with Crippen LogP contribution >= 0.6 is 0 Å². The number of carbonyl (C=O) groups is 1. The van der Waals surface area contributed by atoms with Crippen molar-refractivity contribution in [1.29, 1.82) is 0 Å². The summed E-state index contributed by atoms with van der Waals surface area (Å²) in [4.78, 5) is 10.5. The van der Waals surface area contributed by atoms with E-state index in [1.165, 1.54) is 0 Å². The summed E-state index contributed by atoms with van der Waals surface area (Å²) in [6, 6.07) is 0. The van der Waals surface area contributed by atoms with Crippen LogP contribution in [0.15, 0.2) is 0 Å². The molecule has 0 aromatic rings. The van der Waals surface area contributed by atoms with E-state index >= 15 is 0 Å². The van der Waals surface area contributed by atoms with Crippen molar-refractivity contribution in [3.8, 4) is 12.3 Å². The monoisotopic (exact) mass is 140 g/mol. The van der Waals surface area contributed by atoms with Gasteiger partial charge in [-0.25, -0.2) is 0 Å². The fourth-order valence-corrected chi connectivity index (χ4v) is 0.876. The summed E-state index contributed by atoms with van der Waals surface area (Å²) in [5.41, 5.74) is 0. The lowest BCUT2D eigenvalue weighted by Crippen LogP contribution is -2.23. The van der Waals surface area contributed by atoms with E-state index in [0.717, 1.165) is 0 Å². The van der Waals surface area contributed by atoms with Crippen LogP contribution in [-0.2, 0) is 9.53 Å². The highest BCUT2D eigenvalue weighted by molar-refractivity contribution is 5.71. The zero-order valence-corrected chi connectivity index (χ0v) is 5.41. The number of aliphatic hydroxyl groups excluding tert-OH is 1. The van der Waals surface area contributed by atoms with Gasteiger partial charge in [0, 0.05) is 6.42 Å². The Hall–Kier alpha value is -1.01. The van der Waals surface area contributed by atoms with Gasteiger partial charge in [-0.05, 0) is 6.42 Å². The standard InChI is InChI=1S/C7H8O3/c1-2-5(8)6-3-4-7(9)10-6/h1,5-6,8H,3-4H2/t5-,6-/m0/s1. The summed E-state index contributed by atoms with van der Waals surface area (Å²) in [5.74, 6) is 1.83. The molecule has 1 aliphatic rings. The molecule has 1 heterocycles. The number of hydrogen-bond acceptors (Lipinski definition) is 3. The zero-order valence-electron chi connectivity index (χ0n) is 5.41. The normalized spacial score (nSPS) is 27.2. The van der Waals surface area contributed by atoms with E-state index in [0.29, 0.717) is 12.8 Å². The molecule has 1 rings (SSSR count). The van der Waals surface area contributed by atoms with E-state index < -0.39 is 12.2 Å². The molecule has 0 bridgehead atoms. The van der Waals surface area contributed by atoms with Crippen molar-refractivity contribution < 1.29 is 14.6 Å². The number of terminal acetylenes is 1. The SMILES string of the molecule is C#C[C@H](O)[C@@H]1CCC(=O)O1. The van der Waals surface area contributed by atoms with E-state index in [2.05, 4.69) is 10.7 Å². The lowest BCUT2D eigenvalue weighted by atomic mass is 10.1. The Kier molecular flexibility index (Phi) is 1.93. The lowest BCUT2D eigenvalue weighted by Gasteiger charge is -2.09. The van der Waals surface area contributed by atoms with Gasteiger partial charge in [-0.3, -0.25) is 4.79 Å². The van der Waals surface area contributed by atoms with Gasteiger partial charge in [-0.15, -0.1) is 6.42 Å². The van der Waals surface area contributed by atoms with Crippen molar-refractivity contribution in [3.05, 3.63) is 0 Å². The minimum absolute atomic E-state index is 0.278. The first kappa shape index (κ1) is 7.10. The van der Waals surface area contributed by atoms with Gasteiger partial charge in [0.25, 0.3) is 0 Å². The summed E-state index contributed by atoms with van der Waals surface area (Å²) >= 11 is 0. The average molecular weight is 140 g/mol. The first-order valence-corrected chi connectivity index (χ1v) is 3.07. The maximum absolute atomic E-state index is 10.5. The molecule has 2 atom stereocenters. The third-order valence-corrected chi connectivity index (χ3v) is 1.44. The first-order chi connectivity index (χ1) is 4.74. The molecule has 0 aliphatic carbocycles. The third kappa shape index (κ3) is 1.28. The number of carbonyl (C=O) groups excluding carboxylic acids is 1. The van der Waals surface area contributed by atoms with Crippen LogP contribution in [0.2, 0.25) is 0 Å². The Labute approximate surface area is 59.0 Å². The number of hydrogen-bond donors (Lipinski definition) is 1. The molecule has 0 amide bonds. The van der Waals surface area contributed by atoms with Gasteiger partial charge in [0.05, 0.1) is 0 Å². The number of rotatable bonds is 1. The van der Waals surface area contributed by atoms with Crippen LogP contribution in [0.1, 0.15) is 12.8 Å². The maximum atomic E-state index is 10.5. The van der Waals surface area contributed by atoms with E-state index in [4.69, 9.17) is 11.5 Å². The van der Waals surface area contributed by atoms with Crippen LogP contribution in [0.3, 0.4) is 0 Å². The second kappa shape index (κ2) is 2.72. The predicted molar refractivity (Wildman–Crippen MR) is 34.0 cm³/mol. The van der Waals surface area contributed by atoms with Crippen molar-refractivity contribution in [2.75, 3.05) is 0 Å². The van der Waals surface area contributed by atoms with E-state index in [-0.39, 0.29) is 5.97 Å². The second-order valence-corrected chi connectivity index (χ2v) is 2.18. The number of cyclic esters (lactones) is 1. The predicted octanol–water partition coefficient (Wildman–Crippen LogP) is -0.314. The van der Waals surface area contributed by atoms with Gasteiger partial charge >= 0.3 is 5.97 Å². The van der Waals surface area contributed by atoms with Crippen molar-refractivity contribution in [2.24, 2.45) is 0 Å². The Morgan fingerprint density at radius 3 is 3.00 bits per heavy atom. The van der Waals surface area contributed by atoms with E-state index in [1.807, 2.05) is 0 Å². The van der Waals surface area contributed by atoms with Gasteiger partial charge < -0.3 is 9.84 Å². The summed E-state index contributed by atoms with van der Waals surface area (Å²) in [6.07, 6.45) is 4.39. The highest BCUT2D eigenvalue weighted by Gasteiger charge is 2.28. The van der Waals surface area contributed by atoms with Crippen LogP contribution in [0.5, 0.6) is 0 Å². The molecule has 1 fully saturated rings. The third-order valence-electron chi connectivity index (χ3n) is 1.44. The number of esters is 1. The van der Waals surface area contributed by atoms with Crippen LogP contribution < -0.4 is 0 Å². The number of ether oxygens (including phenoxy) is 1. The minimum atomic E-state index is -0.938. The first-order valence-electron chi connectivity index (χ1n) is 3.07. The Morgan fingerprint density at radius 2 is 2.60 bits per heavy atom. The van der Waals surface area contributed by atoms with Gasteiger partial charge in [0.15, 0.2) is 6.10 Å². The minimum Gasteiger partial charge on any atom is -0.459 e. The molecule has 1 N–H and O–H groups in total. The zero-order chi connectivity index (χ0) is 7.56. The van der Waals surface area contributed by atoms with Crippen LogP contribution in [0.4, 0.5) is 0 Å².